The first-order valence-electron chi connectivity index (χ1n) is 5.35. The van der Waals surface area contributed by atoms with Gasteiger partial charge in [0, 0.05) is 12.3 Å². The lowest BCUT2D eigenvalue weighted by atomic mass is 10.0. The van der Waals surface area contributed by atoms with Crippen molar-refractivity contribution >= 4 is 12.3 Å². The van der Waals surface area contributed by atoms with E-state index in [-0.39, 0.29) is 11.9 Å². The van der Waals surface area contributed by atoms with Crippen molar-refractivity contribution in [3.63, 3.8) is 0 Å². The Hall–Kier alpha value is -0.860. The zero-order valence-corrected chi connectivity index (χ0v) is 9.12. The van der Waals surface area contributed by atoms with Gasteiger partial charge in [-0.1, -0.05) is 20.3 Å². The molecule has 0 amide bonds. The second-order valence-electron chi connectivity index (χ2n) is 3.40. The average Bonchev–Trinajstić information content (AvgIpc) is 2.22. The molecule has 0 N–H and O–H groups in total. The van der Waals surface area contributed by atoms with Gasteiger partial charge in [0.2, 0.25) is 0 Å². The predicted molar refractivity (Wildman–Crippen MR) is 54.9 cm³/mol. The van der Waals surface area contributed by atoms with Crippen molar-refractivity contribution in [1.82, 2.24) is 0 Å². The van der Waals surface area contributed by atoms with Gasteiger partial charge in [0.15, 0.2) is 0 Å². The SMILES string of the molecule is CCCC(C=O)CCCOC(=O)CC. The largest absolute Gasteiger partial charge is 0.466 e. The number of hydrogen-bond acceptors (Lipinski definition) is 3. The van der Waals surface area contributed by atoms with Crippen LogP contribution in [0, 0.1) is 5.92 Å². The number of ether oxygens (including phenoxy) is 1. The Labute approximate surface area is 85.8 Å². The number of rotatable bonds is 8. The van der Waals surface area contributed by atoms with Gasteiger partial charge in [-0.05, 0) is 19.3 Å². The minimum Gasteiger partial charge on any atom is -0.466 e. The Bertz CT molecular complexity index is 166. The van der Waals surface area contributed by atoms with Crippen LogP contribution in [0.2, 0.25) is 0 Å². The zero-order chi connectivity index (χ0) is 10.8. The lowest BCUT2D eigenvalue weighted by molar-refractivity contribution is -0.143. The summed E-state index contributed by atoms with van der Waals surface area (Å²) >= 11 is 0. The fourth-order valence-corrected chi connectivity index (χ4v) is 1.28. The van der Waals surface area contributed by atoms with Crippen LogP contribution in [0.3, 0.4) is 0 Å². The highest BCUT2D eigenvalue weighted by molar-refractivity contribution is 5.68. The maximum atomic E-state index is 10.8. The van der Waals surface area contributed by atoms with E-state index in [9.17, 15) is 9.59 Å². The van der Waals surface area contributed by atoms with Crippen molar-refractivity contribution in [2.24, 2.45) is 5.92 Å². The minimum absolute atomic E-state index is 0.139. The summed E-state index contributed by atoms with van der Waals surface area (Å²) < 4.78 is 4.91. The molecule has 82 valence electrons. The van der Waals surface area contributed by atoms with Crippen LogP contribution in [0.15, 0.2) is 0 Å². The smallest absolute Gasteiger partial charge is 0.305 e. The molecule has 0 aromatic carbocycles. The molecule has 0 aliphatic rings. The standard InChI is InChI=1S/C11H20O3/c1-3-6-10(9-12)7-5-8-14-11(13)4-2/h9-10H,3-8H2,1-2H3. The number of hydrogen-bond donors (Lipinski definition) is 0. The molecule has 14 heavy (non-hydrogen) atoms. The van der Waals surface area contributed by atoms with Crippen LogP contribution in [0.5, 0.6) is 0 Å². The fraction of sp³-hybridized carbons (Fsp3) is 0.818. The van der Waals surface area contributed by atoms with Crippen LogP contribution in [0.25, 0.3) is 0 Å². The lowest BCUT2D eigenvalue weighted by Crippen LogP contribution is -2.07. The van der Waals surface area contributed by atoms with Crippen LogP contribution in [-0.4, -0.2) is 18.9 Å². The van der Waals surface area contributed by atoms with Crippen LogP contribution in [0.4, 0.5) is 0 Å². The Balaban J connectivity index is 3.41. The van der Waals surface area contributed by atoms with Gasteiger partial charge >= 0.3 is 5.97 Å². The molecule has 1 atom stereocenters. The fourth-order valence-electron chi connectivity index (χ4n) is 1.28. The Morgan fingerprint density at radius 3 is 2.57 bits per heavy atom. The number of aldehydes is 1. The third-order valence-corrected chi connectivity index (χ3v) is 2.12. The van der Waals surface area contributed by atoms with Crippen molar-refractivity contribution in [3.8, 4) is 0 Å². The highest BCUT2D eigenvalue weighted by atomic mass is 16.5. The first-order valence-corrected chi connectivity index (χ1v) is 5.35. The van der Waals surface area contributed by atoms with Crippen molar-refractivity contribution in [2.45, 2.75) is 46.0 Å². The average molecular weight is 200 g/mol. The second kappa shape index (κ2) is 8.73. The summed E-state index contributed by atoms with van der Waals surface area (Å²) in [6, 6.07) is 0. The van der Waals surface area contributed by atoms with E-state index in [1.165, 1.54) is 0 Å². The number of carbonyl (C=O) groups excluding carboxylic acids is 2. The molecule has 0 aliphatic carbocycles. The first kappa shape index (κ1) is 13.1. The Kier molecular flexibility index (Phi) is 8.19. The molecule has 0 aromatic heterocycles. The highest BCUT2D eigenvalue weighted by Gasteiger charge is 2.06. The topological polar surface area (TPSA) is 43.4 Å². The molecule has 0 rings (SSSR count). The first-order chi connectivity index (χ1) is 6.74. The Morgan fingerprint density at radius 1 is 1.36 bits per heavy atom. The van der Waals surface area contributed by atoms with E-state index in [4.69, 9.17) is 4.74 Å². The van der Waals surface area contributed by atoms with E-state index in [2.05, 4.69) is 6.92 Å². The van der Waals surface area contributed by atoms with Gasteiger partial charge in [-0.25, -0.2) is 0 Å². The van der Waals surface area contributed by atoms with E-state index in [0.29, 0.717) is 13.0 Å². The van der Waals surface area contributed by atoms with Gasteiger partial charge in [0.05, 0.1) is 6.61 Å². The van der Waals surface area contributed by atoms with E-state index in [1.54, 1.807) is 6.92 Å². The van der Waals surface area contributed by atoms with Crippen LogP contribution in [-0.2, 0) is 14.3 Å². The van der Waals surface area contributed by atoms with Gasteiger partial charge < -0.3 is 9.53 Å². The third kappa shape index (κ3) is 6.63. The third-order valence-electron chi connectivity index (χ3n) is 2.12. The Morgan fingerprint density at radius 2 is 2.07 bits per heavy atom. The molecule has 3 heteroatoms. The van der Waals surface area contributed by atoms with E-state index >= 15 is 0 Å². The number of carbonyl (C=O) groups is 2. The van der Waals surface area contributed by atoms with E-state index in [1.807, 2.05) is 0 Å². The lowest BCUT2D eigenvalue weighted by Gasteiger charge is -2.08. The van der Waals surface area contributed by atoms with Crippen molar-refractivity contribution < 1.29 is 14.3 Å². The number of esters is 1. The van der Waals surface area contributed by atoms with Crippen LogP contribution < -0.4 is 0 Å². The van der Waals surface area contributed by atoms with Crippen LogP contribution >= 0.6 is 0 Å². The highest BCUT2D eigenvalue weighted by Crippen LogP contribution is 2.10. The maximum absolute atomic E-state index is 10.8. The predicted octanol–water partition coefficient (Wildman–Crippen LogP) is 2.33. The summed E-state index contributed by atoms with van der Waals surface area (Å²) in [7, 11) is 0. The normalized spacial score (nSPS) is 12.1. The molecule has 0 heterocycles. The molecular weight excluding hydrogens is 180 g/mol. The summed E-state index contributed by atoms with van der Waals surface area (Å²) in [4.78, 5) is 21.3. The van der Waals surface area contributed by atoms with Gasteiger partial charge in [-0.15, -0.1) is 0 Å². The van der Waals surface area contributed by atoms with E-state index < -0.39 is 0 Å². The summed E-state index contributed by atoms with van der Waals surface area (Å²) in [5, 5.41) is 0. The molecule has 0 aromatic rings. The molecule has 0 saturated carbocycles. The van der Waals surface area contributed by atoms with Crippen LogP contribution in [0.1, 0.15) is 46.0 Å². The summed E-state index contributed by atoms with van der Waals surface area (Å²) in [6.45, 7) is 4.28. The van der Waals surface area contributed by atoms with Crippen molar-refractivity contribution in [2.75, 3.05) is 6.61 Å². The monoisotopic (exact) mass is 200 g/mol. The summed E-state index contributed by atoms with van der Waals surface area (Å²) in [5.74, 6) is -0.0246. The van der Waals surface area contributed by atoms with E-state index in [0.717, 1.165) is 32.0 Å². The van der Waals surface area contributed by atoms with Crippen molar-refractivity contribution in [1.29, 1.82) is 0 Å². The molecule has 0 radical (unpaired) electrons. The van der Waals surface area contributed by atoms with Crippen molar-refractivity contribution in [3.05, 3.63) is 0 Å². The molecule has 0 aliphatic heterocycles. The van der Waals surface area contributed by atoms with Gasteiger partial charge in [-0.2, -0.15) is 0 Å². The van der Waals surface area contributed by atoms with Gasteiger partial charge in [-0.3, -0.25) is 4.79 Å². The zero-order valence-electron chi connectivity index (χ0n) is 9.12. The molecule has 0 saturated heterocycles. The summed E-state index contributed by atoms with van der Waals surface area (Å²) in [5.41, 5.74) is 0. The second-order valence-corrected chi connectivity index (χ2v) is 3.40. The molecular formula is C11H20O3. The molecule has 0 bridgehead atoms. The molecule has 3 nitrogen and oxygen atoms in total. The van der Waals surface area contributed by atoms with Gasteiger partial charge in [0.25, 0.3) is 0 Å². The molecule has 1 unspecified atom stereocenters. The minimum atomic E-state index is -0.164. The van der Waals surface area contributed by atoms with Gasteiger partial charge in [0.1, 0.15) is 6.29 Å². The quantitative estimate of drug-likeness (QED) is 0.343. The summed E-state index contributed by atoms with van der Waals surface area (Å²) in [6.07, 6.45) is 5.00. The molecule has 0 fully saturated rings. The maximum Gasteiger partial charge on any atom is 0.305 e. The molecule has 0 spiro atoms.